The van der Waals surface area contributed by atoms with Crippen LogP contribution in [0, 0.1) is 5.92 Å². The fourth-order valence-electron chi connectivity index (χ4n) is 2.20. The molecular formula is C18H18O2. The van der Waals surface area contributed by atoms with Crippen LogP contribution in [0.2, 0.25) is 0 Å². The number of hydrogen-bond acceptors (Lipinski definition) is 2. The molecule has 1 aliphatic rings. The Hall–Kier alpha value is -2.09. The average molecular weight is 266 g/mol. The van der Waals surface area contributed by atoms with Gasteiger partial charge in [0, 0.05) is 12.0 Å². The number of ketones is 1. The number of hydrogen-bond donors (Lipinski definition) is 0. The summed E-state index contributed by atoms with van der Waals surface area (Å²) in [7, 11) is 0. The zero-order valence-electron chi connectivity index (χ0n) is 11.4. The molecule has 0 spiro atoms. The first-order valence-corrected chi connectivity index (χ1v) is 7.11. The molecule has 0 atom stereocenters. The van der Waals surface area contributed by atoms with Gasteiger partial charge in [-0.15, -0.1) is 0 Å². The lowest BCUT2D eigenvalue weighted by molar-refractivity contribution is 0.0975. The third kappa shape index (κ3) is 3.47. The quantitative estimate of drug-likeness (QED) is 0.731. The van der Waals surface area contributed by atoms with Crippen LogP contribution in [0.15, 0.2) is 54.6 Å². The highest BCUT2D eigenvalue weighted by Crippen LogP contribution is 2.33. The molecule has 2 aromatic carbocycles. The molecule has 2 nitrogen and oxygen atoms in total. The number of benzene rings is 2. The molecule has 102 valence electrons. The van der Waals surface area contributed by atoms with Crippen molar-refractivity contribution in [3.8, 4) is 5.75 Å². The Morgan fingerprint density at radius 3 is 2.60 bits per heavy atom. The Bertz CT molecular complexity index is 585. The second kappa shape index (κ2) is 5.91. The Labute approximate surface area is 119 Å². The molecule has 3 rings (SSSR count). The normalized spacial score (nSPS) is 14.0. The van der Waals surface area contributed by atoms with E-state index in [0.717, 1.165) is 16.9 Å². The van der Waals surface area contributed by atoms with Gasteiger partial charge in [-0.1, -0.05) is 42.5 Å². The largest absolute Gasteiger partial charge is 0.489 e. The van der Waals surface area contributed by atoms with E-state index >= 15 is 0 Å². The molecule has 0 aliphatic heterocycles. The van der Waals surface area contributed by atoms with Crippen molar-refractivity contribution in [3.63, 3.8) is 0 Å². The van der Waals surface area contributed by atoms with Crippen LogP contribution >= 0.6 is 0 Å². The van der Waals surface area contributed by atoms with Crippen molar-refractivity contribution in [1.82, 2.24) is 0 Å². The molecule has 0 radical (unpaired) electrons. The molecule has 0 bridgehead atoms. The van der Waals surface area contributed by atoms with Crippen molar-refractivity contribution >= 4 is 5.78 Å². The molecule has 1 saturated carbocycles. The van der Waals surface area contributed by atoms with Crippen LogP contribution in [0.3, 0.4) is 0 Å². The summed E-state index contributed by atoms with van der Waals surface area (Å²) in [6.07, 6.45) is 3.09. The van der Waals surface area contributed by atoms with Gasteiger partial charge in [0.05, 0.1) is 0 Å². The molecular weight excluding hydrogens is 248 g/mol. The van der Waals surface area contributed by atoms with E-state index in [0.29, 0.717) is 18.9 Å². The Morgan fingerprint density at radius 2 is 1.85 bits per heavy atom. The van der Waals surface area contributed by atoms with E-state index in [1.165, 1.54) is 12.8 Å². The van der Waals surface area contributed by atoms with E-state index in [4.69, 9.17) is 4.74 Å². The van der Waals surface area contributed by atoms with E-state index in [1.54, 1.807) is 0 Å². The van der Waals surface area contributed by atoms with Crippen molar-refractivity contribution in [2.45, 2.75) is 25.9 Å². The Kier molecular flexibility index (Phi) is 3.82. The van der Waals surface area contributed by atoms with Crippen molar-refractivity contribution in [2.24, 2.45) is 5.92 Å². The summed E-state index contributed by atoms with van der Waals surface area (Å²) in [5.41, 5.74) is 1.89. The Morgan fingerprint density at radius 1 is 1.05 bits per heavy atom. The van der Waals surface area contributed by atoms with Gasteiger partial charge in [0.1, 0.15) is 12.4 Å². The van der Waals surface area contributed by atoms with Gasteiger partial charge in [-0.05, 0) is 36.5 Å². The number of rotatable bonds is 6. The molecule has 0 amide bonds. The second-order valence-electron chi connectivity index (χ2n) is 5.37. The predicted molar refractivity (Wildman–Crippen MR) is 78.9 cm³/mol. The number of carbonyl (C=O) groups is 1. The molecule has 1 fully saturated rings. The van der Waals surface area contributed by atoms with Crippen molar-refractivity contribution in [2.75, 3.05) is 0 Å². The fourth-order valence-corrected chi connectivity index (χ4v) is 2.20. The first-order chi connectivity index (χ1) is 9.81. The summed E-state index contributed by atoms with van der Waals surface area (Å²) in [4.78, 5) is 12.1. The van der Waals surface area contributed by atoms with Crippen LogP contribution in [0.25, 0.3) is 0 Å². The molecule has 2 heteroatoms. The molecule has 0 heterocycles. The maximum atomic E-state index is 12.1. The SMILES string of the molecule is O=C(CC1CC1)c1cccc(OCc2ccccc2)c1. The van der Waals surface area contributed by atoms with Gasteiger partial charge in [0.25, 0.3) is 0 Å². The fraction of sp³-hybridized carbons (Fsp3) is 0.278. The van der Waals surface area contributed by atoms with Crippen LogP contribution in [-0.4, -0.2) is 5.78 Å². The number of Topliss-reactive ketones (excluding diaryl/α,β-unsaturated/α-hetero) is 1. The summed E-state index contributed by atoms with van der Waals surface area (Å²) in [6, 6.07) is 17.6. The van der Waals surface area contributed by atoms with Crippen LogP contribution in [0.5, 0.6) is 5.75 Å². The van der Waals surface area contributed by atoms with E-state index < -0.39 is 0 Å². The van der Waals surface area contributed by atoms with Crippen LogP contribution in [0.4, 0.5) is 0 Å². The minimum Gasteiger partial charge on any atom is -0.489 e. The molecule has 0 aromatic heterocycles. The van der Waals surface area contributed by atoms with Crippen molar-refractivity contribution in [1.29, 1.82) is 0 Å². The Balaban J connectivity index is 1.63. The smallest absolute Gasteiger partial charge is 0.163 e. The zero-order valence-corrected chi connectivity index (χ0v) is 11.4. The minimum absolute atomic E-state index is 0.234. The standard InChI is InChI=1S/C18H18O2/c19-18(11-14-9-10-14)16-7-4-8-17(12-16)20-13-15-5-2-1-3-6-15/h1-8,12,14H,9-11,13H2. The van der Waals surface area contributed by atoms with Crippen LogP contribution < -0.4 is 4.74 Å². The molecule has 0 saturated heterocycles. The first kappa shape index (κ1) is 12.9. The summed E-state index contributed by atoms with van der Waals surface area (Å²) >= 11 is 0. The second-order valence-corrected chi connectivity index (χ2v) is 5.37. The lowest BCUT2D eigenvalue weighted by Gasteiger charge is -2.07. The van der Waals surface area contributed by atoms with Gasteiger partial charge in [0.2, 0.25) is 0 Å². The van der Waals surface area contributed by atoms with E-state index in [1.807, 2.05) is 54.6 Å². The van der Waals surface area contributed by atoms with Gasteiger partial charge in [-0.2, -0.15) is 0 Å². The van der Waals surface area contributed by atoms with Gasteiger partial charge < -0.3 is 4.74 Å². The molecule has 1 aliphatic carbocycles. The average Bonchev–Trinajstić information content (AvgIpc) is 3.30. The van der Waals surface area contributed by atoms with Crippen LogP contribution in [0.1, 0.15) is 35.2 Å². The number of ether oxygens (including phenoxy) is 1. The highest BCUT2D eigenvalue weighted by atomic mass is 16.5. The first-order valence-electron chi connectivity index (χ1n) is 7.11. The molecule has 20 heavy (non-hydrogen) atoms. The van der Waals surface area contributed by atoms with Gasteiger partial charge in [-0.25, -0.2) is 0 Å². The van der Waals surface area contributed by atoms with E-state index in [-0.39, 0.29) is 5.78 Å². The van der Waals surface area contributed by atoms with Crippen molar-refractivity contribution < 1.29 is 9.53 Å². The molecule has 0 N–H and O–H groups in total. The molecule has 0 unspecified atom stereocenters. The highest BCUT2D eigenvalue weighted by molar-refractivity contribution is 5.96. The van der Waals surface area contributed by atoms with Crippen LogP contribution in [-0.2, 0) is 6.61 Å². The lowest BCUT2D eigenvalue weighted by atomic mass is 10.1. The lowest BCUT2D eigenvalue weighted by Crippen LogP contribution is -2.01. The molecule has 2 aromatic rings. The predicted octanol–water partition coefficient (Wildman–Crippen LogP) is 4.25. The van der Waals surface area contributed by atoms with E-state index in [9.17, 15) is 4.79 Å². The third-order valence-corrected chi connectivity index (χ3v) is 3.58. The van der Waals surface area contributed by atoms with Crippen molar-refractivity contribution in [3.05, 3.63) is 65.7 Å². The third-order valence-electron chi connectivity index (χ3n) is 3.58. The summed E-state index contributed by atoms with van der Waals surface area (Å²) < 4.78 is 5.75. The maximum absolute atomic E-state index is 12.1. The number of carbonyl (C=O) groups excluding carboxylic acids is 1. The van der Waals surface area contributed by atoms with Gasteiger partial charge in [0.15, 0.2) is 5.78 Å². The summed E-state index contributed by atoms with van der Waals surface area (Å²) in [5.74, 6) is 1.62. The maximum Gasteiger partial charge on any atom is 0.163 e. The monoisotopic (exact) mass is 266 g/mol. The van der Waals surface area contributed by atoms with Gasteiger partial charge >= 0.3 is 0 Å². The summed E-state index contributed by atoms with van der Waals surface area (Å²) in [5, 5.41) is 0. The van der Waals surface area contributed by atoms with E-state index in [2.05, 4.69) is 0 Å². The minimum atomic E-state index is 0.234. The van der Waals surface area contributed by atoms with Gasteiger partial charge in [-0.3, -0.25) is 4.79 Å². The topological polar surface area (TPSA) is 26.3 Å². The summed E-state index contributed by atoms with van der Waals surface area (Å²) in [6.45, 7) is 0.529. The zero-order chi connectivity index (χ0) is 13.8. The highest BCUT2D eigenvalue weighted by Gasteiger charge is 2.24.